The smallest absolute Gasteiger partial charge is 0.291 e. The van der Waals surface area contributed by atoms with Gasteiger partial charge in [-0.15, -0.1) is 0 Å². The Balaban J connectivity index is 2.13. The van der Waals surface area contributed by atoms with E-state index >= 15 is 0 Å². The van der Waals surface area contributed by atoms with Crippen LogP contribution in [0.25, 0.3) is 0 Å². The molecule has 6 nitrogen and oxygen atoms in total. The van der Waals surface area contributed by atoms with Crippen LogP contribution in [0.2, 0.25) is 0 Å². The van der Waals surface area contributed by atoms with Gasteiger partial charge in [-0.25, -0.2) is 4.98 Å². The van der Waals surface area contributed by atoms with E-state index in [1.54, 1.807) is 4.90 Å². The summed E-state index contributed by atoms with van der Waals surface area (Å²) in [6.45, 7) is 9.17. The van der Waals surface area contributed by atoms with Crippen molar-refractivity contribution >= 4 is 11.8 Å². The predicted molar refractivity (Wildman–Crippen MR) is 91.8 cm³/mol. The van der Waals surface area contributed by atoms with E-state index < -0.39 is 0 Å². The van der Waals surface area contributed by atoms with Crippen LogP contribution in [-0.2, 0) is 11.2 Å². The third-order valence-electron chi connectivity index (χ3n) is 4.30. The number of likely N-dealkylation sites (tertiary alicyclic amines) is 1. The molecule has 2 heterocycles. The van der Waals surface area contributed by atoms with E-state index in [0.717, 1.165) is 25.7 Å². The second kappa shape index (κ2) is 8.31. The van der Waals surface area contributed by atoms with Gasteiger partial charge in [-0.2, -0.15) is 0 Å². The van der Waals surface area contributed by atoms with E-state index in [9.17, 15) is 9.59 Å². The lowest BCUT2D eigenvalue weighted by atomic mass is 9.98. The first-order valence-electron chi connectivity index (χ1n) is 8.96. The van der Waals surface area contributed by atoms with Gasteiger partial charge in [-0.1, -0.05) is 13.8 Å². The SMILES string of the molecule is CCNC(=O)CC1CCCCN1C(=O)c1oc(CC(C)C)nc1C. The van der Waals surface area contributed by atoms with Crippen LogP contribution in [-0.4, -0.2) is 40.8 Å². The van der Waals surface area contributed by atoms with Crippen molar-refractivity contribution in [2.45, 2.75) is 65.8 Å². The second-order valence-electron chi connectivity index (χ2n) is 6.93. The van der Waals surface area contributed by atoms with Gasteiger partial charge in [-0.05, 0) is 39.0 Å². The largest absolute Gasteiger partial charge is 0.435 e. The summed E-state index contributed by atoms with van der Waals surface area (Å²) in [4.78, 5) is 31.0. The van der Waals surface area contributed by atoms with E-state index in [1.165, 1.54) is 0 Å². The molecule has 0 saturated carbocycles. The number of nitrogens with zero attached hydrogens (tertiary/aromatic N) is 2. The Kier molecular flexibility index (Phi) is 6.40. The first-order valence-corrected chi connectivity index (χ1v) is 8.96. The summed E-state index contributed by atoms with van der Waals surface area (Å²) in [7, 11) is 0. The normalized spacial score (nSPS) is 18.0. The Hall–Kier alpha value is -1.85. The molecule has 1 aromatic heterocycles. The number of aromatic nitrogens is 1. The topological polar surface area (TPSA) is 75.4 Å². The first kappa shape index (κ1) is 18.5. The van der Waals surface area contributed by atoms with Crippen LogP contribution < -0.4 is 5.32 Å². The molecule has 0 bridgehead atoms. The number of carbonyl (C=O) groups is 2. The van der Waals surface area contributed by atoms with Gasteiger partial charge < -0.3 is 14.6 Å². The standard InChI is InChI=1S/C18H29N3O3/c1-5-19-15(22)11-14-8-6-7-9-21(14)18(23)17-13(4)20-16(24-17)10-12(2)3/h12,14H,5-11H2,1-4H3,(H,19,22). The van der Waals surface area contributed by atoms with Crippen LogP contribution in [0.4, 0.5) is 0 Å². The molecule has 1 aliphatic heterocycles. The molecule has 1 fully saturated rings. The van der Waals surface area contributed by atoms with Gasteiger partial charge in [0, 0.05) is 32.0 Å². The number of hydrogen-bond acceptors (Lipinski definition) is 4. The lowest BCUT2D eigenvalue weighted by Crippen LogP contribution is -2.46. The summed E-state index contributed by atoms with van der Waals surface area (Å²) < 4.78 is 5.74. The number of piperidine rings is 1. The summed E-state index contributed by atoms with van der Waals surface area (Å²) in [5, 5.41) is 2.82. The summed E-state index contributed by atoms with van der Waals surface area (Å²) in [6, 6.07) is -0.0594. The third-order valence-corrected chi connectivity index (χ3v) is 4.30. The van der Waals surface area contributed by atoms with E-state index in [2.05, 4.69) is 24.1 Å². The van der Waals surface area contributed by atoms with Crippen molar-refractivity contribution in [3.05, 3.63) is 17.3 Å². The van der Waals surface area contributed by atoms with Crippen LogP contribution in [0.1, 0.15) is 68.6 Å². The second-order valence-corrected chi connectivity index (χ2v) is 6.93. The fourth-order valence-electron chi connectivity index (χ4n) is 3.18. The summed E-state index contributed by atoms with van der Waals surface area (Å²) in [5.41, 5.74) is 0.637. The zero-order valence-electron chi connectivity index (χ0n) is 15.2. The Morgan fingerprint density at radius 3 is 2.79 bits per heavy atom. The molecular weight excluding hydrogens is 306 g/mol. The van der Waals surface area contributed by atoms with Gasteiger partial charge in [0.25, 0.3) is 5.91 Å². The molecule has 0 spiro atoms. The molecule has 6 heteroatoms. The minimum atomic E-state index is -0.135. The lowest BCUT2D eigenvalue weighted by Gasteiger charge is -2.35. The number of nitrogens with one attached hydrogen (secondary N) is 1. The zero-order chi connectivity index (χ0) is 17.7. The highest BCUT2D eigenvalue weighted by molar-refractivity contribution is 5.93. The molecule has 1 aromatic rings. The summed E-state index contributed by atoms with van der Waals surface area (Å²) in [6.07, 6.45) is 3.93. The molecule has 1 aliphatic rings. The maximum Gasteiger partial charge on any atom is 0.291 e. The highest BCUT2D eigenvalue weighted by Crippen LogP contribution is 2.24. The van der Waals surface area contributed by atoms with Gasteiger partial charge in [0.05, 0.1) is 5.69 Å². The Morgan fingerprint density at radius 1 is 1.38 bits per heavy atom. The van der Waals surface area contributed by atoms with Crippen molar-refractivity contribution < 1.29 is 14.0 Å². The molecule has 1 atom stereocenters. The molecule has 0 aromatic carbocycles. The van der Waals surface area contributed by atoms with Gasteiger partial charge in [-0.3, -0.25) is 9.59 Å². The van der Waals surface area contributed by atoms with E-state index in [4.69, 9.17) is 4.42 Å². The van der Waals surface area contributed by atoms with Gasteiger partial charge in [0.15, 0.2) is 5.89 Å². The summed E-state index contributed by atoms with van der Waals surface area (Å²) >= 11 is 0. The molecule has 24 heavy (non-hydrogen) atoms. The van der Waals surface area contributed by atoms with Gasteiger partial charge in [0.2, 0.25) is 11.7 Å². The number of amides is 2. The molecule has 2 rings (SSSR count). The molecule has 2 amide bonds. The highest BCUT2D eigenvalue weighted by atomic mass is 16.4. The monoisotopic (exact) mass is 335 g/mol. The number of carbonyl (C=O) groups excluding carboxylic acids is 2. The van der Waals surface area contributed by atoms with Crippen LogP contribution in [0.5, 0.6) is 0 Å². The average molecular weight is 335 g/mol. The minimum absolute atomic E-state index is 0.00279. The van der Waals surface area contributed by atoms with Crippen molar-refractivity contribution in [2.24, 2.45) is 5.92 Å². The van der Waals surface area contributed by atoms with Crippen LogP contribution >= 0.6 is 0 Å². The molecule has 1 saturated heterocycles. The molecule has 134 valence electrons. The number of hydrogen-bond donors (Lipinski definition) is 1. The van der Waals surface area contributed by atoms with Crippen molar-refractivity contribution in [2.75, 3.05) is 13.1 Å². The maximum absolute atomic E-state index is 12.9. The minimum Gasteiger partial charge on any atom is -0.435 e. The quantitative estimate of drug-likeness (QED) is 0.867. The van der Waals surface area contributed by atoms with Gasteiger partial charge >= 0.3 is 0 Å². The Labute approximate surface area is 144 Å². The molecule has 0 aliphatic carbocycles. The summed E-state index contributed by atoms with van der Waals surface area (Å²) in [5.74, 6) is 1.23. The Bertz CT molecular complexity index is 580. The van der Waals surface area contributed by atoms with Crippen molar-refractivity contribution in [1.82, 2.24) is 15.2 Å². The average Bonchev–Trinajstić information content (AvgIpc) is 2.87. The fourth-order valence-corrected chi connectivity index (χ4v) is 3.18. The van der Waals surface area contributed by atoms with Crippen molar-refractivity contribution in [3.8, 4) is 0 Å². The lowest BCUT2D eigenvalue weighted by molar-refractivity contribution is -0.122. The number of oxazole rings is 1. The predicted octanol–water partition coefficient (Wildman–Crippen LogP) is 2.70. The van der Waals surface area contributed by atoms with Crippen molar-refractivity contribution in [3.63, 3.8) is 0 Å². The third kappa shape index (κ3) is 4.58. The molecule has 0 radical (unpaired) electrons. The first-order chi connectivity index (χ1) is 11.4. The van der Waals surface area contributed by atoms with Gasteiger partial charge in [0.1, 0.15) is 0 Å². The van der Waals surface area contributed by atoms with Crippen LogP contribution in [0, 0.1) is 12.8 Å². The van der Waals surface area contributed by atoms with E-state index in [1.807, 2.05) is 13.8 Å². The van der Waals surface area contributed by atoms with E-state index in [-0.39, 0.29) is 17.9 Å². The van der Waals surface area contributed by atoms with Crippen molar-refractivity contribution in [1.29, 1.82) is 0 Å². The maximum atomic E-state index is 12.9. The number of aryl methyl sites for hydroxylation is 1. The zero-order valence-corrected chi connectivity index (χ0v) is 15.2. The fraction of sp³-hybridized carbons (Fsp3) is 0.722. The number of rotatable bonds is 6. The Morgan fingerprint density at radius 2 is 2.12 bits per heavy atom. The van der Waals surface area contributed by atoms with E-state index in [0.29, 0.717) is 42.8 Å². The van der Waals surface area contributed by atoms with Crippen LogP contribution in [0.3, 0.4) is 0 Å². The molecule has 1 N–H and O–H groups in total. The molecule has 1 unspecified atom stereocenters. The highest BCUT2D eigenvalue weighted by Gasteiger charge is 2.32. The molecular formula is C18H29N3O3. The van der Waals surface area contributed by atoms with Crippen LogP contribution in [0.15, 0.2) is 4.42 Å².